The fourth-order valence-electron chi connectivity index (χ4n) is 0.487. The first kappa shape index (κ1) is 11.2. The van der Waals surface area contributed by atoms with E-state index < -0.39 is 18.9 Å². The molecular weight excluding hydrogens is 163 g/mol. The second kappa shape index (κ2) is 3.26. The molecule has 0 aromatic carbocycles. The van der Waals surface area contributed by atoms with Gasteiger partial charge in [-0.2, -0.15) is 0 Å². The predicted molar refractivity (Wildman–Crippen MR) is 43.6 cm³/mol. The SMILES string of the molecule is CC(C)P(=O)([O-])OC(C)(C)C. The van der Waals surface area contributed by atoms with Gasteiger partial charge in [-0.25, -0.2) is 0 Å². The second-order valence-corrected chi connectivity index (χ2v) is 6.13. The Labute approximate surface area is 68.3 Å². The van der Waals surface area contributed by atoms with Crippen molar-refractivity contribution in [3.05, 3.63) is 0 Å². The molecule has 11 heavy (non-hydrogen) atoms. The minimum Gasteiger partial charge on any atom is -0.778 e. The van der Waals surface area contributed by atoms with E-state index in [2.05, 4.69) is 0 Å². The topological polar surface area (TPSA) is 49.4 Å². The third-order valence-electron chi connectivity index (χ3n) is 1.03. The molecule has 0 aromatic heterocycles. The van der Waals surface area contributed by atoms with Crippen molar-refractivity contribution in [1.29, 1.82) is 0 Å². The molecule has 1 atom stereocenters. The van der Waals surface area contributed by atoms with Crippen LogP contribution in [0.3, 0.4) is 0 Å². The van der Waals surface area contributed by atoms with Gasteiger partial charge in [0.1, 0.15) is 7.60 Å². The summed E-state index contributed by atoms with van der Waals surface area (Å²) in [5, 5.41) is 0. The van der Waals surface area contributed by atoms with Crippen LogP contribution >= 0.6 is 7.60 Å². The van der Waals surface area contributed by atoms with Gasteiger partial charge in [0, 0.05) is 5.66 Å². The van der Waals surface area contributed by atoms with E-state index in [1.165, 1.54) is 0 Å². The molecular formula is C7H16O3P-. The van der Waals surface area contributed by atoms with E-state index in [0.29, 0.717) is 0 Å². The fourth-order valence-corrected chi connectivity index (χ4v) is 1.46. The lowest BCUT2D eigenvalue weighted by Crippen LogP contribution is -2.25. The van der Waals surface area contributed by atoms with Gasteiger partial charge in [-0.05, 0) is 20.8 Å². The number of rotatable bonds is 2. The van der Waals surface area contributed by atoms with Gasteiger partial charge in [0.15, 0.2) is 0 Å². The molecule has 0 aliphatic rings. The fraction of sp³-hybridized carbons (Fsp3) is 1.00. The summed E-state index contributed by atoms with van der Waals surface area (Å²) in [4.78, 5) is 11.2. The summed E-state index contributed by atoms with van der Waals surface area (Å²) in [6, 6.07) is 0. The molecule has 4 heteroatoms. The van der Waals surface area contributed by atoms with Gasteiger partial charge in [-0.1, -0.05) is 13.8 Å². The maximum atomic E-state index is 11.2. The zero-order valence-corrected chi connectivity index (χ0v) is 8.64. The van der Waals surface area contributed by atoms with E-state index in [-0.39, 0.29) is 0 Å². The van der Waals surface area contributed by atoms with Gasteiger partial charge >= 0.3 is 0 Å². The third kappa shape index (κ3) is 4.57. The van der Waals surface area contributed by atoms with Crippen molar-refractivity contribution in [1.82, 2.24) is 0 Å². The van der Waals surface area contributed by atoms with Gasteiger partial charge < -0.3 is 14.0 Å². The summed E-state index contributed by atoms with van der Waals surface area (Å²) in [5.74, 6) is 0. The molecule has 0 amide bonds. The van der Waals surface area contributed by atoms with Crippen LogP contribution in [0.25, 0.3) is 0 Å². The molecule has 0 N–H and O–H groups in total. The summed E-state index contributed by atoms with van der Waals surface area (Å²) in [6.45, 7) is 8.39. The van der Waals surface area contributed by atoms with Crippen LogP contribution in [0.2, 0.25) is 0 Å². The van der Waals surface area contributed by atoms with Gasteiger partial charge in [-0.3, -0.25) is 0 Å². The van der Waals surface area contributed by atoms with E-state index in [4.69, 9.17) is 4.52 Å². The molecule has 0 bridgehead atoms. The van der Waals surface area contributed by atoms with E-state index in [1.54, 1.807) is 34.6 Å². The summed E-state index contributed by atoms with van der Waals surface area (Å²) >= 11 is 0. The Bertz CT molecular complexity index is 169. The molecule has 0 aliphatic heterocycles. The lowest BCUT2D eigenvalue weighted by atomic mass is 10.2. The van der Waals surface area contributed by atoms with Crippen molar-refractivity contribution in [3.8, 4) is 0 Å². The van der Waals surface area contributed by atoms with Crippen LogP contribution in [-0.4, -0.2) is 11.3 Å². The zero-order chi connectivity index (χ0) is 9.28. The molecule has 68 valence electrons. The molecule has 0 fully saturated rings. The van der Waals surface area contributed by atoms with Crippen molar-refractivity contribution in [2.45, 2.75) is 45.9 Å². The van der Waals surface area contributed by atoms with E-state index in [1.807, 2.05) is 0 Å². The first-order chi connectivity index (χ1) is 4.65. The molecule has 0 saturated heterocycles. The minimum atomic E-state index is -3.64. The number of hydrogen-bond donors (Lipinski definition) is 0. The Morgan fingerprint density at radius 1 is 1.36 bits per heavy atom. The molecule has 0 radical (unpaired) electrons. The number of hydrogen-bond acceptors (Lipinski definition) is 3. The van der Waals surface area contributed by atoms with E-state index in [9.17, 15) is 9.46 Å². The molecule has 1 unspecified atom stereocenters. The van der Waals surface area contributed by atoms with Crippen molar-refractivity contribution in [3.63, 3.8) is 0 Å². The summed E-state index contributed by atoms with van der Waals surface area (Å²) in [7, 11) is -3.64. The first-order valence-corrected chi connectivity index (χ1v) is 5.28. The molecule has 0 aromatic rings. The predicted octanol–water partition coefficient (Wildman–Crippen LogP) is 1.76. The maximum absolute atomic E-state index is 11.2. The van der Waals surface area contributed by atoms with Crippen molar-refractivity contribution >= 4 is 7.60 Å². The highest BCUT2D eigenvalue weighted by Crippen LogP contribution is 2.46. The highest BCUT2D eigenvalue weighted by molar-refractivity contribution is 7.52. The Morgan fingerprint density at radius 2 is 1.73 bits per heavy atom. The van der Waals surface area contributed by atoms with Gasteiger partial charge in [0.2, 0.25) is 0 Å². The van der Waals surface area contributed by atoms with Crippen LogP contribution in [0.4, 0.5) is 0 Å². The van der Waals surface area contributed by atoms with Gasteiger partial charge in [-0.15, -0.1) is 0 Å². The average Bonchev–Trinajstić information content (AvgIpc) is 1.56. The minimum absolute atomic E-state index is 0.443. The quantitative estimate of drug-likeness (QED) is 0.607. The molecule has 0 rings (SSSR count). The average molecular weight is 179 g/mol. The van der Waals surface area contributed by atoms with Gasteiger partial charge in [0.05, 0.1) is 5.60 Å². The van der Waals surface area contributed by atoms with Crippen LogP contribution in [-0.2, 0) is 9.09 Å². The van der Waals surface area contributed by atoms with E-state index in [0.717, 1.165) is 0 Å². The van der Waals surface area contributed by atoms with Crippen LogP contribution in [0.1, 0.15) is 34.6 Å². The second-order valence-electron chi connectivity index (χ2n) is 3.84. The lowest BCUT2D eigenvalue weighted by molar-refractivity contribution is -0.208. The van der Waals surface area contributed by atoms with Crippen LogP contribution in [0.15, 0.2) is 0 Å². The van der Waals surface area contributed by atoms with E-state index >= 15 is 0 Å². The summed E-state index contributed by atoms with van der Waals surface area (Å²) in [5.41, 5.74) is -1.05. The standard InChI is InChI=1S/C7H17O3P/c1-6(2)11(8,9)10-7(3,4)5/h6H,1-5H3,(H,8,9)/p-1. The molecule has 0 saturated carbocycles. The van der Waals surface area contributed by atoms with Crippen LogP contribution in [0.5, 0.6) is 0 Å². The Hall–Kier alpha value is 0.150. The van der Waals surface area contributed by atoms with Crippen LogP contribution < -0.4 is 4.89 Å². The highest BCUT2D eigenvalue weighted by Gasteiger charge is 2.21. The van der Waals surface area contributed by atoms with Gasteiger partial charge in [0.25, 0.3) is 0 Å². The third-order valence-corrected chi connectivity index (χ3v) is 3.10. The first-order valence-electron chi connectivity index (χ1n) is 3.66. The maximum Gasteiger partial charge on any atom is 0.137 e. The van der Waals surface area contributed by atoms with Crippen LogP contribution in [0, 0.1) is 0 Å². The largest absolute Gasteiger partial charge is 0.778 e. The summed E-state index contributed by atoms with van der Waals surface area (Å²) < 4.78 is 16.0. The molecule has 0 spiro atoms. The Kier molecular flexibility index (Phi) is 3.30. The van der Waals surface area contributed by atoms with Crippen molar-refractivity contribution in [2.75, 3.05) is 0 Å². The highest BCUT2D eigenvalue weighted by atomic mass is 31.2. The normalized spacial score (nSPS) is 18.5. The Balaban J connectivity index is 4.26. The lowest BCUT2D eigenvalue weighted by Gasteiger charge is -2.34. The summed E-state index contributed by atoms with van der Waals surface area (Å²) in [6.07, 6.45) is 0. The van der Waals surface area contributed by atoms with Crippen molar-refractivity contribution in [2.24, 2.45) is 0 Å². The van der Waals surface area contributed by atoms with Crippen molar-refractivity contribution < 1.29 is 14.0 Å². The molecule has 0 aliphatic carbocycles. The zero-order valence-electron chi connectivity index (χ0n) is 7.75. The monoisotopic (exact) mass is 179 g/mol. The Morgan fingerprint density at radius 3 is 1.82 bits per heavy atom. The smallest absolute Gasteiger partial charge is 0.137 e. The molecule has 3 nitrogen and oxygen atoms in total. The molecule has 0 heterocycles.